The molecule has 0 unspecified atom stereocenters. The van der Waals surface area contributed by atoms with Gasteiger partial charge in [-0.1, -0.05) is 68.8 Å². The van der Waals surface area contributed by atoms with Crippen LogP contribution in [0.1, 0.15) is 68.5 Å². The molecule has 30 heavy (non-hydrogen) atoms. The van der Waals surface area contributed by atoms with Crippen LogP contribution in [0.25, 0.3) is 28.3 Å². The molecule has 0 radical (unpaired) electrons. The molecule has 5 rings (SSSR count). The van der Waals surface area contributed by atoms with Gasteiger partial charge in [-0.3, -0.25) is 4.98 Å². The van der Waals surface area contributed by atoms with Crippen molar-refractivity contribution in [3.8, 4) is 22.3 Å². The SMILES string of the molecule is C/C=C/c1c(C(C)C)nc2c(c1-c1ccc(F)cc1)-c1ccccc1CC21CCC1. The molecular formula is C28H28FN. The summed E-state index contributed by atoms with van der Waals surface area (Å²) in [5.41, 5.74) is 9.98. The summed E-state index contributed by atoms with van der Waals surface area (Å²) in [6, 6.07) is 15.8. The number of benzene rings is 2. The van der Waals surface area contributed by atoms with Crippen molar-refractivity contribution in [1.82, 2.24) is 4.98 Å². The van der Waals surface area contributed by atoms with Crippen molar-refractivity contribution in [3.63, 3.8) is 0 Å². The van der Waals surface area contributed by atoms with Gasteiger partial charge in [0.1, 0.15) is 5.82 Å². The maximum Gasteiger partial charge on any atom is 0.123 e. The predicted molar refractivity (Wildman–Crippen MR) is 123 cm³/mol. The first-order valence-corrected chi connectivity index (χ1v) is 11.1. The highest BCUT2D eigenvalue weighted by molar-refractivity contribution is 5.94. The molecule has 1 heterocycles. The summed E-state index contributed by atoms with van der Waals surface area (Å²) in [5, 5.41) is 0. The van der Waals surface area contributed by atoms with Crippen LogP contribution in [0, 0.1) is 5.82 Å². The minimum atomic E-state index is -0.200. The molecule has 2 aliphatic carbocycles. The maximum absolute atomic E-state index is 13.8. The van der Waals surface area contributed by atoms with E-state index in [1.165, 1.54) is 52.8 Å². The molecule has 0 bridgehead atoms. The van der Waals surface area contributed by atoms with E-state index in [4.69, 9.17) is 4.98 Å². The van der Waals surface area contributed by atoms with Crippen LogP contribution in [-0.2, 0) is 11.8 Å². The lowest BCUT2D eigenvalue weighted by Gasteiger charge is -2.47. The quantitative estimate of drug-likeness (QED) is 0.441. The van der Waals surface area contributed by atoms with Crippen molar-refractivity contribution in [2.75, 3.05) is 0 Å². The second-order valence-electron chi connectivity index (χ2n) is 9.14. The topological polar surface area (TPSA) is 12.9 Å². The predicted octanol–water partition coefficient (Wildman–Crippen LogP) is 7.69. The number of rotatable bonds is 3. The van der Waals surface area contributed by atoms with Crippen LogP contribution >= 0.6 is 0 Å². The molecule has 1 spiro atoms. The fourth-order valence-electron chi connectivity index (χ4n) is 5.34. The molecule has 1 saturated carbocycles. The van der Waals surface area contributed by atoms with E-state index >= 15 is 0 Å². The Hall–Kier alpha value is -2.74. The Bertz CT molecular complexity index is 1130. The molecule has 0 amide bonds. The number of halogens is 1. The summed E-state index contributed by atoms with van der Waals surface area (Å²) >= 11 is 0. The Kier molecular flexibility index (Phi) is 4.61. The summed E-state index contributed by atoms with van der Waals surface area (Å²) < 4.78 is 13.8. The van der Waals surface area contributed by atoms with E-state index in [1.54, 1.807) is 12.1 Å². The van der Waals surface area contributed by atoms with Gasteiger partial charge in [-0.25, -0.2) is 4.39 Å². The van der Waals surface area contributed by atoms with Crippen LogP contribution in [0.4, 0.5) is 4.39 Å². The lowest BCUT2D eigenvalue weighted by Crippen LogP contribution is -2.40. The molecule has 2 heteroatoms. The molecule has 0 saturated heterocycles. The molecular weight excluding hydrogens is 369 g/mol. The molecule has 0 atom stereocenters. The average Bonchev–Trinajstić information content (AvgIpc) is 2.72. The summed E-state index contributed by atoms with van der Waals surface area (Å²) in [6.07, 6.45) is 9.02. The maximum atomic E-state index is 13.8. The van der Waals surface area contributed by atoms with Crippen molar-refractivity contribution >= 4 is 6.08 Å². The Morgan fingerprint density at radius 3 is 2.37 bits per heavy atom. The number of hydrogen-bond acceptors (Lipinski definition) is 1. The largest absolute Gasteiger partial charge is 0.256 e. The minimum Gasteiger partial charge on any atom is -0.256 e. The Balaban J connectivity index is 1.94. The standard InChI is InChI=1S/C28H28FN/c1-4-8-23-24(19-11-13-21(29)14-12-19)25-22-10-6-5-9-20(22)17-28(15-7-16-28)27(25)30-26(23)18(2)3/h4-6,8-14,18H,7,15-17H2,1-3H3/b8-4+. The Morgan fingerprint density at radius 1 is 1.00 bits per heavy atom. The van der Waals surface area contributed by atoms with E-state index in [0.29, 0.717) is 5.92 Å². The molecule has 1 aromatic heterocycles. The number of hydrogen-bond donors (Lipinski definition) is 0. The van der Waals surface area contributed by atoms with Crippen LogP contribution in [-0.4, -0.2) is 4.98 Å². The van der Waals surface area contributed by atoms with Gasteiger partial charge in [-0.05, 0) is 60.9 Å². The van der Waals surface area contributed by atoms with Gasteiger partial charge in [0.05, 0.1) is 11.4 Å². The van der Waals surface area contributed by atoms with Gasteiger partial charge in [-0.15, -0.1) is 0 Å². The minimum absolute atomic E-state index is 0.149. The molecule has 1 nitrogen and oxygen atoms in total. The first-order chi connectivity index (χ1) is 14.5. The third-order valence-electron chi connectivity index (χ3n) is 6.91. The zero-order valence-electron chi connectivity index (χ0n) is 18.0. The smallest absolute Gasteiger partial charge is 0.123 e. The van der Waals surface area contributed by atoms with Gasteiger partial charge < -0.3 is 0 Å². The van der Waals surface area contributed by atoms with Gasteiger partial charge in [0, 0.05) is 22.1 Å². The van der Waals surface area contributed by atoms with E-state index in [-0.39, 0.29) is 11.2 Å². The average molecular weight is 398 g/mol. The van der Waals surface area contributed by atoms with Crippen LogP contribution < -0.4 is 0 Å². The third-order valence-corrected chi connectivity index (χ3v) is 6.91. The number of aromatic nitrogens is 1. The Labute approximate surface area is 178 Å². The molecule has 2 aliphatic rings. The first-order valence-electron chi connectivity index (χ1n) is 11.1. The molecule has 1 fully saturated rings. The van der Waals surface area contributed by atoms with E-state index in [9.17, 15) is 4.39 Å². The lowest BCUT2D eigenvalue weighted by atomic mass is 9.58. The fourth-order valence-corrected chi connectivity index (χ4v) is 5.34. The van der Waals surface area contributed by atoms with Gasteiger partial charge in [0.25, 0.3) is 0 Å². The van der Waals surface area contributed by atoms with Gasteiger partial charge in [0.2, 0.25) is 0 Å². The molecule has 0 aliphatic heterocycles. The van der Waals surface area contributed by atoms with Crippen molar-refractivity contribution < 1.29 is 4.39 Å². The molecule has 3 aromatic rings. The van der Waals surface area contributed by atoms with E-state index < -0.39 is 0 Å². The number of allylic oxidation sites excluding steroid dienone is 1. The van der Waals surface area contributed by atoms with E-state index in [1.807, 2.05) is 12.1 Å². The summed E-state index contributed by atoms with van der Waals surface area (Å²) in [6.45, 7) is 6.50. The second kappa shape index (κ2) is 7.19. The first kappa shape index (κ1) is 19.2. The number of pyridine rings is 1. The zero-order chi connectivity index (χ0) is 20.9. The second-order valence-corrected chi connectivity index (χ2v) is 9.14. The number of nitrogens with zero attached hydrogens (tertiary/aromatic N) is 1. The summed E-state index contributed by atoms with van der Waals surface area (Å²) in [7, 11) is 0. The van der Waals surface area contributed by atoms with Gasteiger partial charge >= 0.3 is 0 Å². The van der Waals surface area contributed by atoms with Gasteiger partial charge in [-0.2, -0.15) is 0 Å². The third kappa shape index (κ3) is 2.85. The van der Waals surface area contributed by atoms with Crippen LogP contribution in [0.5, 0.6) is 0 Å². The van der Waals surface area contributed by atoms with Gasteiger partial charge in [0.15, 0.2) is 0 Å². The molecule has 0 N–H and O–H groups in total. The molecule has 152 valence electrons. The lowest BCUT2D eigenvalue weighted by molar-refractivity contribution is 0.232. The highest BCUT2D eigenvalue weighted by Gasteiger charge is 2.46. The fraction of sp³-hybridized carbons (Fsp3) is 0.321. The van der Waals surface area contributed by atoms with Crippen LogP contribution in [0.2, 0.25) is 0 Å². The monoisotopic (exact) mass is 397 g/mol. The van der Waals surface area contributed by atoms with E-state index in [2.05, 4.69) is 57.2 Å². The normalized spacial score (nSPS) is 16.6. The zero-order valence-corrected chi connectivity index (χ0v) is 18.0. The number of fused-ring (bicyclic) bond motifs is 4. The van der Waals surface area contributed by atoms with Crippen molar-refractivity contribution in [1.29, 1.82) is 0 Å². The molecule has 2 aromatic carbocycles. The highest BCUT2D eigenvalue weighted by atomic mass is 19.1. The Morgan fingerprint density at radius 2 is 1.73 bits per heavy atom. The van der Waals surface area contributed by atoms with Crippen molar-refractivity contribution in [2.24, 2.45) is 0 Å². The highest BCUT2D eigenvalue weighted by Crippen LogP contribution is 2.56. The summed E-state index contributed by atoms with van der Waals surface area (Å²) in [4.78, 5) is 5.38. The van der Waals surface area contributed by atoms with Crippen molar-refractivity contribution in [3.05, 3.63) is 82.9 Å². The van der Waals surface area contributed by atoms with E-state index in [0.717, 1.165) is 17.7 Å². The summed E-state index contributed by atoms with van der Waals surface area (Å²) in [5.74, 6) is 0.115. The van der Waals surface area contributed by atoms with Crippen molar-refractivity contribution in [2.45, 2.75) is 57.8 Å². The van der Waals surface area contributed by atoms with Crippen LogP contribution in [0.15, 0.2) is 54.6 Å². The van der Waals surface area contributed by atoms with Crippen LogP contribution in [0.3, 0.4) is 0 Å².